The van der Waals surface area contributed by atoms with Crippen LogP contribution >= 0.6 is 0 Å². The zero-order valence-corrected chi connectivity index (χ0v) is 34.7. The third kappa shape index (κ3) is 7.05. The quantitative estimate of drug-likeness (QED) is 0.162. The maximum atomic E-state index is 11.9. The Morgan fingerprint density at radius 1 is 0.636 bits per heavy atom. The van der Waals surface area contributed by atoms with E-state index in [1.165, 1.54) is 16.7 Å². The third-order valence-corrected chi connectivity index (χ3v) is 10.5. The van der Waals surface area contributed by atoms with Gasteiger partial charge in [0.1, 0.15) is 11.4 Å². The summed E-state index contributed by atoms with van der Waals surface area (Å²) in [4.78, 5) is 10.2. The zero-order chi connectivity index (χ0) is 37.7. The predicted molar refractivity (Wildman–Crippen MR) is 225 cm³/mol. The van der Waals surface area contributed by atoms with E-state index >= 15 is 0 Å². The van der Waals surface area contributed by atoms with Gasteiger partial charge in [-0.25, -0.2) is 4.98 Å². The van der Waals surface area contributed by atoms with Gasteiger partial charge in [-0.3, -0.25) is 4.98 Å². The van der Waals surface area contributed by atoms with E-state index in [1.54, 1.807) is 0 Å². The predicted octanol–water partition coefficient (Wildman–Crippen LogP) is 13.3. The summed E-state index contributed by atoms with van der Waals surface area (Å²) in [5.74, 6) is 0.903. The SMILES string of the molecule is CC(C)c1cccc(C(C)C)c1-c1cc(-c2cccc(-c3cc(-c4ccccc4)cc(C(C)(C)C)c3O)n2)[c-]c(-n2c3ccccc3c3cccnc32)c1.[Pt]. The summed E-state index contributed by atoms with van der Waals surface area (Å²) < 4.78 is 2.24. The minimum absolute atomic E-state index is 0. The van der Waals surface area contributed by atoms with Crippen molar-refractivity contribution in [2.75, 3.05) is 0 Å². The number of benzene rings is 5. The van der Waals surface area contributed by atoms with Gasteiger partial charge in [-0.1, -0.05) is 133 Å². The second kappa shape index (κ2) is 15.1. The Balaban J connectivity index is 0.00000465. The molecule has 1 N–H and O–H groups in total. The number of aromatic nitrogens is 3. The van der Waals surface area contributed by atoms with Crippen LogP contribution in [-0.4, -0.2) is 19.6 Å². The van der Waals surface area contributed by atoms with Gasteiger partial charge in [-0.2, -0.15) is 0 Å². The fraction of sp³-hybridized carbons (Fsp3) is 0.200. The summed E-state index contributed by atoms with van der Waals surface area (Å²) >= 11 is 0. The van der Waals surface area contributed by atoms with Gasteiger partial charge in [0, 0.05) is 49.2 Å². The Morgan fingerprint density at radius 2 is 1.29 bits per heavy atom. The molecule has 0 saturated carbocycles. The van der Waals surface area contributed by atoms with Crippen LogP contribution in [0.15, 0.2) is 134 Å². The van der Waals surface area contributed by atoms with E-state index in [9.17, 15) is 5.11 Å². The van der Waals surface area contributed by atoms with E-state index in [-0.39, 0.29) is 32.2 Å². The maximum absolute atomic E-state index is 11.9. The smallest absolute Gasteiger partial charge is 0.144 e. The molecule has 4 nitrogen and oxygen atoms in total. The molecule has 0 bridgehead atoms. The molecular formula is C50H46N3OPt-. The normalized spacial score (nSPS) is 11.8. The van der Waals surface area contributed by atoms with E-state index in [1.807, 2.05) is 48.7 Å². The molecule has 8 aromatic rings. The van der Waals surface area contributed by atoms with Crippen molar-refractivity contribution in [1.82, 2.24) is 14.5 Å². The standard InChI is InChI=1S/C50H46N3O.Pt/c1-31(2)38-19-13-20-39(32(3)4)47(38)36-26-35(27-37(28-36)53-46-24-12-11-18-40(46)41-21-15-25-51-49(41)53)44-22-14-23-45(52-44)42-29-34(33-16-9-8-10-17-33)30-43(48(42)54)50(5,6)7;/h8-26,28-32,54H,1-7H3;/q-1;. The van der Waals surface area contributed by atoms with Crippen LogP contribution in [0.4, 0.5) is 0 Å². The van der Waals surface area contributed by atoms with Crippen molar-refractivity contribution in [3.05, 3.63) is 156 Å². The van der Waals surface area contributed by atoms with E-state index in [0.717, 1.165) is 61.1 Å². The number of fused-ring (bicyclic) bond motifs is 3. The van der Waals surface area contributed by atoms with Gasteiger partial charge in [-0.15, -0.1) is 23.8 Å². The molecule has 5 aromatic carbocycles. The molecule has 0 aliphatic carbocycles. The Labute approximate surface area is 339 Å². The summed E-state index contributed by atoms with van der Waals surface area (Å²) in [7, 11) is 0. The van der Waals surface area contributed by atoms with Crippen molar-refractivity contribution in [3.63, 3.8) is 0 Å². The number of hydrogen-bond acceptors (Lipinski definition) is 3. The van der Waals surface area contributed by atoms with Gasteiger partial charge in [0.15, 0.2) is 0 Å². The number of rotatable bonds is 7. The summed E-state index contributed by atoms with van der Waals surface area (Å²) in [6.07, 6.45) is 1.86. The Hall–Kier alpha value is -5.31. The molecule has 0 aliphatic rings. The molecule has 3 heterocycles. The minimum Gasteiger partial charge on any atom is -0.507 e. The van der Waals surface area contributed by atoms with E-state index in [2.05, 4.69) is 144 Å². The molecule has 0 atom stereocenters. The van der Waals surface area contributed by atoms with Gasteiger partial charge in [0.25, 0.3) is 0 Å². The van der Waals surface area contributed by atoms with Gasteiger partial charge in [-0.05, 0) is 92.8 Å². The Bertz CT molecular complexity index is 2590. The molecule has 0 amide bonds. The first-order chi connectivity index (χ1) is 26.0. The van der Waals surface area contributed by atoms with Crippen LogP contribution in [0.2, 0.25) is 0 Å². The fourth-order valence-electron chi connectivity index (χ4n) is 7.81. The maximum Gasteiger partial charge on any atom is 0.144 e. The third-order valence-electron chi connectivity index (χ3n) is 10.5. The first kappa shape index (κ1) is 38.0. The van der Waals surface area contributed by atoms with Gasteiger partial charge in [0.05, 0.1) is 11.2 Å². The number of hydrogen-bond donors (Lipinski definition) is 1. The van der Waals surface area contributed by atoms with Crippen LogP contribution in [0.3, 0.4) is 0 Å². The first-order valence-corrected chi connectivity index (χ1v) is 19.0. The van der Waals surface area contributed by atoms with Crippen LogP contribution in [0.5, 0.6) is 5.75 Å². The molecule has 0 spiro atoms. The van der Waals surface area contributed by atoms with Crippen LogP contribution in [0, 0.1) is 6.07 Å². The van der Waals surface area contributed by atoms with Crippen molar-refractivity contribution >= 4 is 21.9 Å². The van der Waals surface area contributed by atoms with E-state index in [4.69, 9.17) is 9.97 Å². The average Bonchev–Trinajstić information content (AvgIpc) is 3.52. The molecule has 55 heavy (non-hydrogen) atoms. The van der Waals surface area contributed by atoms with Gasteiger partial charge in [0.2, 0.25) is 0 Å². The molecule has 3 aromatic heterocycles. The summed E-state index contributed by atoms with van der Waals surface area (Å²) in [5.41, 5.74) is 13.6. The molecule has 0 unspecified atom stereocenters. The Morgan fingerprint density at radius 3 is 2.00 bits per heavy atom. The van der Waals surface area contributed by atoms with E-state index in [0.29, 0.717) is 23.1 Å². The van der Waals surface area contributed by atoms with Gasteiger partial charge < -0.3 is 9.67 Å². The van der Waals surface area contributed by atoms with Crippen LogP contribution in [-0.2, 0) is 26.5 Å². The Kier molecular flexibility index (Phi) is 10.4. The van der Waals surface area contributed by atoms with Crippen LogP contribution < -0.4 is 0 Å². The number of phenolic OH excluding ortho intramolecular Hbond substituents is 1. The van der Waals surface area contributed by atoms with E-state index < -0.39 is 0 Å². The summed E-state index contributed by atoms with van der Waals surface area (Å²) in [6.45, 7) is 15.5. The molecular weight excluding hydrogens is 854 g/mol. The molecule has 0 fully saturated rings. The number of para-hydroxylation sites is 1. The number of pyridine rings is 2. The van der Waals surface area contributed by atoms with Crippen molar-refractivity contribution < 1.29 is 26.2 Å². The fourth-order valence-corrected chi connectivity index (χ4v) is 7.81. The second-order valence-corrected chi connectivity index (χ2v) is 16.0. The average molecular weight is 900 g/mol. The molecule has 0 aliphatic heterocycles. The number of aromatic hydroxyl groups is 1. The minimum atomic E-state index is -0.285. The molecule has 0 saturated heterocycles. The van der Waals surface area contributed by atoms with Crippen LogP contribution in [0.25, 0.3) is 72.4 Å². The number of phenols is 1. The topological polar surface area (TPSA) is 50.9 Å². The largest absolute Gasteiger partial charge is 0.507 e. The first-order valence-electron chi connectivity index (χ1n) is 19.0. The molecule has 5 heteroatoms. The summed E-state index contributed by atoms with van der Waals surface area (Å²) in [6, 6.07) is 48.3. The number of nitrogens with zero attached hydrogens (tertiary/aromatic N) is 3. The molecule has 278 valence electrons. The van der Waals surface area contributed by atoms with Crippen LogP contribution in [0.1, 0.15) is 77.0 Å². The van der Waals surface area contributed by atoms with Gasteiger partial charge >= 0.3 is 0 Å². The molecule has 0 radical (unpaired) electrons. The second-order valence-electron chi connectivity index (χ2n) is 16.0. The monoisotopic (exact) mass is 899 g/mol. The zero-order valence-electron chi connectivity index (χ0n) is 32.5. The summed E-state index contributed by atoms with van der Waals surface area (Å²) in [5, 5.41) is 14.1. The van der Waals surface area contributed by atoms with Crippen molar-refractivity contribution in [1.29, 1.82) is 0 Å². The van der Waals surface area contributed by atoms with Crippen molar-refractivity contribution in [3.8, 4) is 56.2 Å². The van der Waals surface area contributed by atoms with Crippen molar-refractivity contribution in [2.24, 2.45) is 0 Å². The van der Waals surface area contributed by atoms with Crippen molar-refractivity contribution in [2.45, 2.75) is 65.7 Å². The molecule has 8 rings (SSSR count).